The summed E-state index contributed by atoms with van der Waals surface area (Å²) in [6.45, 7) is 1.11. The quantitative estimate of drug-likeness (QED) is 0.905. The minimum absolute atomic E-state index is 0.00556. The highest BCUT2D eigenvalue weighted by Crippen LogP contribution is 2.36. The highest BCUT2D eigenvalue weighted by atomic mass is 19.4. The third kappa shape index (κ3) is 3.82. The molecule has 0 aliphatic carbocycles. The van der Waals surface area contributed by atoms with E-state index in [1.165, 1.54) is 36.5 Å². The summed E-state index contributed by atoms with van der Waals surface area (Å²) in [6.07, 6.45) is -1.41. The van der Waals surface area contributed by atoms with Gasteiger partial charge >= 0.3 is 6.18 Å². The second kappa shape index (κ2) is 6.84. The molecule has 2 aromatic rings. The Labute approximate surface area is 143 Å². The number of carbonyl (C=O) groups excluding carboxylic acids is 1. The van der Waals surface area contributed by atoms with Crippen molar-refractivity contribution >= 4 is 5.91 Å². The molecule has 1 aliphatic heterocycles. The van der Waals surface area contributed by atoms with Crippen LogP contribution in [-0.2, 0) is 6.18 Å². The van der Waals surface area contributed by atoms with Crippen LogP contribution in [-0.4, -0.2) is 34.9 Å². The number of aromatic nitrogens is 1. The Morgan fingerprint density at radius 1 is 1.20 bits per heavy atom. The molecule has 1 saturated heterocycles. The Hall–Kier alpha value is -2.41. The van der Waals surface area contributed by atoms with Gasteiger partial charge in [-0.25, -0.2) is 0 Å². The van der Waals surface area contributed by atoms with Crippen molar-refractivity contribution in [2.45, 2.75) is 25.1 Å². The number of carbonyl (C=O) groups is 1. The largest absolute Gasteiger partial charge is 0.417 e. The van der Waals surface area contributed by atoms with Gasteiger partial charge in [0.2, 0.25) is 0 Å². The van der Waals surface area contributed by atoms with Gasteiger partial charge < -0.3 is 10.6 Å². The number of hydrogen-bond acceptors (Lipinski definition) is 3. The van der Waals surface area contributed by atoms with Gasteiger partial charge in [-0.1, -0.05) is 18.2 Å². The molecule has 25 heavy (non-hydrogen) atoms. The number of benzene rings is 1. The second-order valence-electron chi connectivity index (χ2n) is 6.13. The van der Waals surface area contributed by atoms with Crippen molar-refractivity contribution in [3.8, 4) is 11.3 Å². The zero-order chi connectivity index (χ0) is 18.0. The molecule has 1 amide bonds. The maximum atomic E-state index is 13.1. The van der Waals surface area contributed by atoms with Crippen molar-refractivity contribution in [2.75, 3.05) is 13.1 Å². The molecule has 1 aliphatic rings. The average Bonchev–Trinajstić information content (AvgIpc) is 2.60. The van der Waals surface area contributed by atoms with Gasteiger partial charge in [0.05, 0.1) is 16.8 Å². The topological polar surface area (TPSA) is 59.2 Å². The first-order chi connectivity index (χ1) is 11.9. The minimum Gasteiger partial charge on any atom is -0.337 e. The summed E-state index contributed by atoms with van der Waals surface area (Å²) in [6, 6.07) is 8.18. The van der Waals surface area contributed by atoms with Crippen LogP contribution in [0.2, 0.25) is 0 Å². The molecule has 1 atom stereocenters. The molecule has 3 rings (SSSR count). The molecule has 1 aromatic carbocycles. The molecule has 0 radical (unpaired) electrons. The predicted octanol–water partition coefficient (Wildman–Crippen LogP) is 3.33. The first-order valence-corrected chi connectivity index (χ1v) is 8.04. The molecule has 1 unspecified atom stereocenters. The van der Waals surface area contributed by atoms with Crippen LogP contribution < -0.4 is 5.73 Å². The number of hydrogen-bond donors (Lipinski definition) is 1. The molecule has 7 heteroatoms. The fraction of sp³-hybridized carbons (Fsp3) is 0.333. The molecule has 4 nitrogen and oxygen atoms in total. The summed E-state index contributed by atoms with van der Waals surface area (Å²) in [5.41, 5.74) is 5.66. The molecular formula is C18H18F3N3O. The van der Waals surface area contributed by atoms with Crippen molar-refractivity contribution in [3.63, 3.8) is 0 Å². The van der Waals surface area contributed by atoms with Crippen molar-refractivity contribution in [2.24, 2.45) is 5.73 Å². The molecule has 132 valence electrons. The molecule has 0 saturated carbocycles. The molecule has 0 spiro atoms. The van der Waals surface area contributed by atoms with E-state index in [1.807, 2.05) is 0 Å². The van der Waals surface area contributed by atoms with Crippen molar-refractivity contribution in [3.05, 3.63) is 53.7 Å². The summed E-state index contributed by atoms with van der Waals surface area (Å²) >= 11 is 0. The maximum Gasteiger partial charge on any atom is 0.417 e. The van der Waals surface area contributed by atoms with Crippen LogP contribution in [0.25, 0.3) is 11.3 Å². The predicted molar refractivity (Wildman–Crippen MR) is 87.8 cm³/mol. The Bertz CT molecular complexity index is 759. The van der Waals surface area contributed by atoms with Gasteiger partial charge in [0.25, 0.3) is 5.91 Å². The van der Waals surface area contributed by atoms with E-state index in [9.17, 15) is 18.0 Å². The molecule has 1 fully saturated rings. The van der Waals surface area contributed by atoms with Gasteiger partial charge in [-0.2, -0.15) is 13.2 Å². The highest BCUT2D eigenvalue weighted by molar-refractivity contribution is 5.94. The Morgan fingerprint density at radius 2 is 1.96 bits per heavy atom. The van der Waals surface area contributed by atoms with E-state index in [2.05, 4.69) is 4.98 Å². The zero-order valence-electron chi connectivity index (χ0n) is 13.5. The second-order valence-corrected chi connectivity index (χ2v) is 6.13. The number of alkyl halides is 3. The molecule has 2 heterocycles. The zero-order valence-corrected chi connectivity index (χ0v) is 13.5. The van der Waals surface area contributed by atoms with Crippen molar-refractivity contribution in [1.29, 1.82) is 0 Å². The molecule has 2 N–H and O–H groups in total. The lowest BCUT2D eigenvalue weighted by molar-refractivity contribution is -0.137. The van der Waals surface area contributed by atoms with Crippen LogP contribution in [0.15, 0.2) is 42.6 Å². The number of likely N-dealkylation sites (tertiary alicyclic amines) is 1. The van der Waals surface area contributed by atoms with Crippen LogP contribution in [0.1, 0.15) is 28.8 Å². The first kappa shape index (κ1) is 17.4. The van der Waals surface area contributed by atoms with Gasteiger partial charge in [0.1, 0.15) is 0 Å². The maximum absolute atomic E-state index is 13.1. The minimum atomic E-state index is -4.46. The van der Waals surface area contributed by atoms with E-state index >= 15 is 0 Å². The van der Waals surface area contributed by atoms with Crippen LogP contribution in [0.5, 0.6) is 0 Å². The fourth-order valence-electron chi connectivity index (χ4n) is 3.01. The summed E-state index contributed by atoms with van der Waals surface area (Å²) in [7, 11) is 0. The van der Waals surface area contributed by atoms with E-state index in [0.29, 0.717) is 18.7 Å². The fourth-order valence-corrected chi connectivity index (χ4v) is 3.01. The Kier molecular flexibility index (Phi) is 4.76. The number of halogens is 3. The van der Waals surface area contributed by atoms with Crippen molar-refractivity contribution < 1.29 is 18.0 Å². The first-order valence-electron chi connectivity index (χ1n) is 8.04. The number of rotatable bonds is 2. The van der Waals surface area contributed by atoms with E-state index in [-0.39, 0.29) is 23.2 Å². The third-order valence-electron chi connectivity index (χ3n) is 4.26. The van der Waals surface area contributed by atoms with Crippen LogP contribution in [0.3, 0.4) is 0 Å². The monoisotopic (exact) mass is 349 g/mol. The lowest BCUT2D eigenvalue weighted by Gasteiger charge is -2.30. The lowest BCUT2D eigenvalue weighted by atomic mass is 10.0. The SMILES string of the molecule is NC1CCCN(C(=O)c2ccc(-c3ccccc3C(F)(F)F)nc2)C1. The van der Waals surface area contributed by atoms with Crippen LogP contribution in [0.4, 0.5) is 13.2 Å². The standard InChI is InChI=1S/C18H18F3N3O/c19-18(20,21)15-6-2-1-5-14(15)16-8-7-12(10-23-16)17(25)24-9-3-4-13(22)11-24/h1-2,5-8,10,13H,3-4,9,11,22H2. The summed E-state index contributed by atoms with van der Waals surface area (Å²) < 4.78 is 39.4. The average molecular weight is 349 g/mol. The van der Waals surface area contributed by atoms with Crippen molar-refractivity contribution in [1.82, 2.24) is 9.88 Å². The van der Waals surface area contributed by atoms with Gasteiger partial charge in [0, 0.05) is 30.9 Å². The smallest absolute Gasteiger partial charge is 0.337 e. The van der Waals surface area contributed by atoms with Gasteiger partial charge in [-0.15, -0.1) is 0 Å². The highest BCUT2D eigenvalue weighted by Gasteiger charge is 2.33. The summed E-state index contributed by atoms with van der Waals surface area (Å²) in [5, 5.41) is 0. The van der Waals surface area contributed by atoms with E-state index in [4.69, 9.17) is 5.73 Å². The van der Waals surface area contributed by atoms with E-state index in [1.54, 1.807) is 4.90 Å². The Balaban J connectivity index is 1.85. The van der Waals surface area contributed by atoms with E-state index < -0.39 is 11.7 Å². The van der Waals surface area contributed by atoms with Crippen LogP contribution >= 0.6 is 0 Å². The van der Waals surface area contributed by atoms with Gasteiger partial charge in [0.15, 0.2) is 0 Å². The number of piperidine rings is 1. The summed E-state index contributed by atoms with van der Waals surface area (Å²) in [5.74, 6) is -0.196. The molecular weight excluding hydrogens is 331 g/mol. The number of nitrogens with two attached hydrogens (primary N) is 1. The summed E-state index contributed by atoms with van der Waals surface area (Å²) in [4.78, 5) is 18.2. The Morgan fingerprint density at radius 3 is 2.60 bits per heavy atom. The molecule has 0 bridgehead atoms. The number of pyridine rings is 1. The van der Waals surface area contributed by atoms with Gasteiger partial charge in [-0.05, 0) is 31.0 Å². The third-order valence-corrected chi connectivity index (χ3v) is 4.26. The normalized spacial score (nSPS) is 18.2. The van der Waals surface area contributed by atoms with Gasteiger partial charge in [-0.3, -0.25) is 9.78 Å². The lowest BCUT2D eigenvalue weighted by Crippen LogP contribution is -2.45. The van der Waals surface area contributed by atoms with E-state index in [0.717, 1.165) is 18.9 Å². The number of amides is 1. The molecule has 1 aromatic heterocycles. The number of nitrogens with zero attached hydrogens (tertiary/aromatic N) is 2. The van der Waals surface area contributed by atoms with Crippen LogP contribution in [0, 0.1) is 0 Å².